The van der Waals surface area contributed by atoms with E-state index in [-0.39, 0.29) is 0 Å². The summed E-state index contributed by atoms with van der Waals surface area (Å²) < 4.78 is 0. The third kappa shape index (κ3) is 6.30. The Bertz CT molecular complexity index is 672. The molecule has 130 valence electrons. The Morgan fingerprint density at radius 3 is 2.33 bits per heavy atom. The molecule has 0 saturated heterocycles. The van der Waals surface area contributed by atoms with E-state index < -0.39 is 5.60 Å². The lowest BCUT2D eigenvalue weighted by atomic mass is 9.96. The van der Waals surface area contributed by atoms with Crippen molar-refractivity contribution in [3.63, 3.8) is 0 Å². The molecule has 0 aliphatic carbocycles. The van der Waals surface area contributed by atoms with Crippen LogP contribution in [0.1, 0.15) is 18.1 Å². The van der Waals surface area contributed by atoms with Crippen LogP contribution in [0, 0.1) is 0 Å². The molecule has 5 heteroatoms. The van der Waals surface area contributed by atoms with E-state index in [1.54, 1.807) is 17.8 Å². The fourth-order valence-electron chi connectivity index (χ4n) is 2.68. The van der Waals surface area contributed by atoms with Gasteiger partial charge in [0.15, 0.2) is 0 Å². The SMILES string of the molecule is CN(C)CC(C)(O)Cc1ccc(SCc2ccc(Cl)cc2Cl)cc1. The lowest BCUT2D eigenvalue weighted by Gasteiger charge is -2.27. The Balaban J connectivity index is 1.94. The first-order valence-electron chi connectivity index (χ1n) is 7.78. The molecule has 2 aromatic carbocycles. The molecule has 2 rings (SSSR count). The topological polar surface area (TPSA) is 23.5 Å². The van der Waals surface area contributed by atoms with Gasteiger partial charge in [0.2, 0.25) is 0 Å². The van der Waals surface area contributed by atoms with Gasteiger partial charge in [-0.25, -0.2) is 0 Å². The van der Waals surface area contributed by atoms with Crippen molar-refractivity contribution < 1.29 is 5.11 Å². The molecule has 1 N–H and O–H groups in total. The van der Waals surface area contributed by atoms with Crippen LogP contribution < -0.4 is 0 Å². The van der Waals surface area contributed by atoms with Crippen LogP contribution in [0.3, 0.4) is 0 Å². The van der Waals surface area contributed by atoms with Crippen LogP contribution in [0.15, 0.2) is 47.4 Å². The van der Waals surface area contributed by atoms with Crippen molar-refractivity contribution >= 4 is 35.0 Å². The fourth-order valence-corrected chi connectivity index (χ4v) is 4.14. The van der Waals surface area contributed by atoms with Gasteiger partial charge in [0.05, 0.1) is 5.60 Å². The van der Waals surface area contributed by atoms with E-state index in [9.17, 15) is 5.11 Å². The molecule has 0 aliphatic heterocycles. The Kier molecular flexibility index (Phi) is 7.02. The van der Waals surface area contributed by atoms with Crippen LogP contribution in [0.25, 0.3) is 0 Å². The zero-order valence-corrected chi connectivity index (χ0v) is 16.5. The van der Waals surface area contributed by atoms with E-state index in [1.165, 1.54) is 4.90 Å². The largest absolute Gasteiger partial charge is 0.388 e. The number of hydrogen-bond donors (Lipinski definition) is 1. The molecule has 24 heavy (non-hydrogen) atoms. The van der Waals surface area contributed by atoms with Crippen LogP contribution in [-0.2, 0) is 12.2 Å². The molecular weight excluding hydrogens is 361 g/mol. The van der Waals surface area contributed by atoms with Crippen LogP contribution in [0.2, 0.25) is 10.0 Å². The number of benzene rings is 2. The lowest BCUT2D eigenvalue weighted by molar-refractivity contribution is 0.0339. The average Bonchev–Trinajstić information content (AvgIpc) is 2.46. The van der Waals surface area contributed by atoms with Crippen LogP contribution in [-0.4, -0.2) is 36.2 Å². The van der Waals surface area contributed by atoms with Gasteiger partial charge in [-0.2, -0.15) is 0 Å². The lowest BCUT2D eigenvalue weighted by Crippen LogP contribution is -2.39. The highest BCUT2D eigenvalue weighted by Crippen LogP contribution is 2.29. The second-order valence-corrected chi connectivity index (χ2v) is 8.47. The van der Waals surface area contributed by atoms with Gasteiger partial charge in [0, 0.05) is 33.7 Å². The third-order valence-electron chi connectivity index (χ3n) is 3.57. The van der Waals surface area contributed by atoms with E-state index >= 15 is 0 Å². The monoisotopic (exact) mass is 383 g/mol. The van der Waals surface area contributed by atoms with E-state index in [1.807, 2.05) is 38.1 Å². The molecule has 1 unspecified atom stereocenters. The second kappa shape index (κ2) is 8.59. The number of rotatable bonds is 7. The van der Waals surface area contributed by atoms with E-state index in [0.717, 1.165) is 16.9 Å². The summed E-state index contributed by atoms with van der Waals surface area (Å²) in [5.41, 5.74) is 1.48. The standard InChI is InChI=1S/C19H23Cl2NOS/c1-19(23,13-22(2)3)11-14-4-8-17(9-5-14)24-12-15-6-7-16(20)10-18(15)21/h4-10,23H,11-13H2,1-3H3. The Hall–Kier alpha value is -0.710. The smallest absolute Gasteiger partial charge is 0.0785 e. The number of halogens is 2. The maximum atomic E-state index is 10.4. The van der Waals surface area contributed by atoms with Gasteiger partial charge >= 0.3 is 0 Å². The molecule has 2 nitrogen and oxygen atoms in total. The predicted molar refractivity (Wildman–Crippen MR) is 105 cm³/mol. The van der Waals surface area contributed by atoms with Gasteiger partial charge in [0.25, 0.3) is 0 Å². The minimum atomic E-state index is -0.727. The summed E-state index contributed by atoms with van der Waals surface area (Å²) in [6.45, 7) is 2.51. The zero-order valence-electron chi connectivity index (χ0n) is 14.2. The molecule has 2 aromatic rings. The summed E-state index contributed by atoms with van der Waals surface area (Å²) >= 11 is 13.9. The number of nitrogens with zero attached hydrogens (tertiary/aromatic N) is 1. The van der Waals surface area contributed by atoms with Crippen LogP contribution >= 0.6 is 35.0 Å². The first-order chi connectivity index (χ1) is 11.2. The molecule has 0 saturated carbocycles. The van der Waals surface area contributed by atoms with Gasteiger partial charge in [-0.05, 0) is 56.4 Å². The fraction of sp³-hybridized carbons (Fsp3) is 0.368. The van der Waals surface area contributed by atoms with Crippen molar-refractivity contribution in [1.82, 2.24) is 4.90 Å². The quantitative estimate of drug-likeness (QED) is 0.669. The Morgan fingerprint density at radius 1 is 1.08 bits per heavy atom. The Morgan fingerprint density at radius 2 is 1.75 bits per heavy atom. The molecule has 0 spiro atoms. The minimum absolute atomic E-state index is 0.637. The normalized spacial score (nSPS) is 14.0. The van der Waals surface area contributed by atoms with Crippen molar-refractivity contribution in [2.45, 2.75) is 29.6 Å². The molecule has 0 radical (unpaired) electrons. The maximum Gasteiger partial charge on any atom is 0.0785 e. The van der Waals surface area contributed by atoms with Gasteiger partial charge in [-0.3, -0.25) is 0 Å². The second-order valence-electron chi connectivity index (χ2n) is 6.58. The average molecular weight is 384 g/mol. The Labute approximate surface area is 158 Å². The summed E-state index contributed by atoms with van der Waals surface area (Å²) in [5, 5.41) is 11.8. The third-order valence-corrected chi connectivity index (χ3v) is 5.22. The highest BCUT2D eigenvalue weighted by molar-refractivity contribution is 7.98. The van der Waals surface area contributed by atoms with Crippen LogP contribution in [0.5, 0.6) is 0 Å². The van der Waals surface area contributed by atoms with Crippen molar-refractivity contribution in [1.29, 1.82) is 0 Å². The van der Waals surface area contributed by atoms with Gasteiger partial charge in [0.1, 0.15) is 0 Å². The van der Waals surface area contributed by atoms with E-state index in [2.05, 4.69) is 24.3 Å². The number of aliphatic hydroxyl groups is 1. The molecule has 1 atom stereocenters. The predicted octanol–water partition coefficient (Wildman–Crippen LogP) is 5.14. The molecule has 0 fully saturated rings. The summed E-state index contributed by atoms with van der Waals surface area (Å²) in [7, 11) is 3.94. The maximum absolute atomic E-state index is 10.4. The first kappa shape index (κ1) is 19.6. The van der Waals surface area contributed by atoms with Crippen LogP contribution in [0.4, 0.5) is 0 Å². The highest BCUT2D eigenvalue weighted by atomic mass is 35.5. The van der Waals surface area contributed by atoms with E-state index in [4.69, 9.17) is 23.2 Å². The molecule has 0 aliphatic rings. The number of thioether (sulfide) groups is 1. The summed E-state index contributed by atoms with van der Waals surface area (Å²) in [6, 6.07) is 13.9. The van der Waals surface area contributed by atoms with Gasteiger partial charge in [-0.15, -0.1) is 11.8 Å². The van der Waals surface area contributed by atoms with Gasteiger partial charge in [-0.1, -0.05) is 41.4 Å². The minimum Gasteiger partial charge on any atom is -0.388 e. The number of likely N-dealkylation sites (N-methyl/N-ethyl adjacent to an activating group) is 1. The van der Waals surface area contributed by atoms with Crippen molar-refractivity contribution in [2.75, 3.05) is 20.6 Å². The summed E-state index contributed by atoms with van der Waals surface area (Å²) in [4.78, 5) is 3.18. The summed E-state index contributed by atoms with van der Waals surface area (Å²) in [6.07, 6.45) is 0.638. The van der Waals surface area contributed by atoms with Crippen molar-refractivity contribution in [2.24, 2.45) is 0 Å². The molecule has 0 heterocycles. The molecular formula is C19H23Cl2NOS. The zero-order chi connectivity index (χ0) is 17.7. The van der Waals surface area contributed by atoms with Crippen molar-refractivity contribution in [3.8, 4) is 0 Å². The number of hydrogen-bond acceptors (Lipinski definition) is 3. The first-order valence-corrected chi connectivity index (χ1v) is 9.52. The molecule has 0 aromatic heterocycles. The van der Waals surface area contributed by atoms with Crippen molar-refractivity contribution in [3.05, 3.63) is 63.6 Å². The van der Waals surface area contributed by atoms with Gasteiger partial charge < -0.3 is 10.0 Å². The molecule has 0 bridgehead atoms. The summed E-state index contributed by atoms with van der Waals surface area (Å²) in [5.74, 6) is 0.799. The highest BCUT2D eigenvalue weighted by Gasteiger charge is 2.21. The molecule has 0 amide bonds. The van der Waals surface area contributed by atoms with E-state index in [0.29, 0.717) is 23.0 Å².